The molecule has 1 aromatic heterocycles. The van der Waals surface area contributed by atoms with Gasteiger partial charge in [-0.05, 0) is 43.9 Å². The number of hydrogen-bond acceptors (Lipinski definition) is 5. The van der Waals surface area contributed by atoms with Crippen LogP contribution in [0.1, 0.15) is 30.7 Å². The van der Waals surface area contributed by atoms with Gasteiger partial charge in [0.2, 0.25) is 5.88 Å². The molecule has 0 atom stereocenters. The van der Waals surface area contributed by atoms with Crippen LogP contribution in [0, 0.1) is 6.92 Å². The van der Waals surface area contributed by atoms with Crippen molar-refractivity contribution in [2.24, 2.45) is 0 Å². The lowest BCUT2D eigenvalue weighted by atomic mass is 9.84. The van der Waals surface area contributed by atoms with E-state index in [2.05, 4.69) is 14.9 Å². The molecule has 5 heteroatoms. The van der Waals surface area contributed by atoms with Crippen molar-refractivity contribution in [1.29, 1.82) is 0 Å². The van der Waals surface area contributed by atoms with Crippen LogP contribution >= 0.6 is 0 Å². The van der Waals surface area contributed by atoms with Gasteiger partial charge in [0.1, 0.15) is 5.82 Å². The maximum atomic E-state index is 10.9. The molecule has 1 fully saturated rings. The summed E-state index contributed by atoms with van der Waals surface area (Å²) in [6.45, 7) is 5.29. The third kappa shape index (κ3) is 4.16. The number of benzene rings is 2. The topological polar surface area (TPSA) is 58.5 Å². The summed E-state index contributed by atoms with van der Waals surface area (Å²) in [6, 6.07) is 18.0. The third-order valence-corrected chi connectivity index (χ3v) is 5.53. The van der Waals surface area contributed by atoms with E-state index in [0.717, 1.165) is 61.2 Å². The Morgan fingerprint density at radius 3 is 2.50 bits per heavy atom. The average molecular weight is 377 g/mol. The van der Waals surface area contributed by atoms with Gasteiger partial charge in [-0.1, -0.05) is 42.5 Å². The molecule has 0 spiro atoms. The van der Waals surface area contributed by atoms with E-state index in [1.54, 1.807) is 0 Å². The SMILES string of the molecule is Cc1nc(OCCCN2CCC(O)(c3ccccc3)CC2)c2ccccc2n1. The van der Waals surface area contributed by atoms with E-state index in [1.807, 2.05) is 61.5 Å². The van der Waals surface area contributed by atoms with Crippen molar-refractivity contribution in [3.8, 4) is 5.88 Å². The molecule has 2 heterocycles. The zero-order valence-corrected chi connectivity index (χ0v) is 16.3. The summed E-state index contributed by atoms with van der Waals surface area (Å²) >= 11 is 0. The normalized spacial score (nSPS) is 16.9. The number of para-hydroxylation sites is 1. The summed E-state index contributed by atoms with van der Waals surface area (Å²) < 4.78 is 5.97. The molecule has 0 bridgehead atoms. The van der Waals surface area contributed by atoms with Gasteiger partial charge in [0.25, 0.3) is 0 Å². The molecule has 1 aliphatic rings. The van der Waals surface area contributed by atoms with E-state index in [9.17, 15) is 5.11 Å². The number of likely N-dealkylation sites (tertiary alicyclic amines) is 1. The molecule has 28 heavy (non-hydrogen) atoms. The van der Waals surface area contributed by atoms with Crippen molar-refractivity contribution < 1.29 is 9.84 Å². The molecule has 3 aromatic rings. The van der Waals surface area contributed by atoms with Crippen molar-refractivity contribution >= 4 is 10.9 Å². The van der Waals surface area contributed by atoms with Gasteiger partial charge in [-0.25, -0.2) is 4.98 Å². The second-order valence-electron chi connectivity index (χ2n) is 7.53. The predicted molar refractivity (Wildman–Crippen MR) is 110 cm³/mol. The Morgan fingerprint density at radius 2 is 1.71 bits per heavy atom. The van der Waals surface area contributed by atoms with Gasteiger partial charge in [-0.3, -0.25) is 0 Å². The molecule has 4 rings (SSSR count). The van der Waals surface area contributed by atoms with Gasteiger partial charge in [-0.15, -0.1) is 0 Å². The molecular formula is C23H27N3O2. The van der Waals surface area contributed by atoms with Crippen molar-refractivity contribution in [2.45, 2.75) is 31.8 Å². The van der Waals surface area contributed by atoms with E-state index in [1.165, 1.54) is 0 Å². The minimum absolute atomic E-state index is 0.625. The summed E-state index contributed by atoms with van der Waals surface area (Å²) in [7, 11) is 0. The monoisotopic (exact) mass is 377 g/mol. The summed E-state index contributed by atoms with van der Waals surface area (Å²) in [6.07, 6.45) is 2.47. The Hall–Kier alpha value is -2.50. The Balaban J connectivity index is 1.27. The first kappa shape index (κ1) is 18.8. The van der Waals surface area contributed by atoms with E-state index in [-0.39, 0.29) is 0 Å². The van der Waals surface area contributed by atoms with Crippen LogP contribution in [0.3, 0.4) is 0 Å². The van der Waals surface area contributed by atoms with Crippen LogP contribution in [0.25, 0.3) is 10.9 Å². The fourth-order valence-corrected chi connectivity index (χ4v) is 3.91. The largest absolute Gasteiger partial charge is 0.477 e. The molecule has 0 amide bonds. The zero-order valence-electron chi connectivity index (χ0n) is 16.3. The predicted octanol–water partition coefficient (Wildman–Crippen LogP) is 3.69. The number of rotatable bonds is 6. The number of aromatic nitrogens is 2. The fourth-order valence-electron chi connectivity index (χ4n) is 3.91. The molecule has 5 nitrogen and oxygen atoms in total. The first-order chi connectivity index (χ1) is 13.6. The molecule has 0 radical (unpaired) electrons. The lowest BCUT2D eigenvalue weighted by Gasteiger charge is -2.38. The number of piperidine rings is 1. The lowest BCUT2D eigenvalue weighted by Crippen LogP contribution is -2.43. The van der Waals surface area contributed by atoms with E-state index in [0.29, 0.717) is 12.5 Å². The summed E-state index contributed by atoms with van der Waals surface area (Å²) in [4.78, 5) is 11.3. The van der Waals surface area contributed by atoms with Gasteiger partial charge in [-0.2, -0.15) is 4.98 Å². The molecule has 146 valence electrons. The van der Waals surface area contributed by atoms with Crippen molar-refractivity contribution in [3.05, 3.63) is 66.0 Å². The van der Waals surface area contributed by atoms with Crippen LogP contribution in [-0.2, 0) is 5.60 Å². The summed E-state index contributed by atoms with van der Waals surface area (Å²) in [5, 5.41) is 11.9. The summed E-state index contributed by atoms with van der Waals surface area (Å²) in [5.74, 6) is 1.39. The second-order valence-corrected chi connectivity index (χ2v) is 7.53. The molecule has 2 aromatic carbocycles. The fraction of sp³-hybridized carbons (Fsp3) is 0.391. The van der Waals surface area contributed by atoms with Crippen LogP contribution < -0.4 is 4.74 Å². The van der Waals surface area contributed by atoms with Crippen LogP contribution in [0.15, 0.2) is 54.6 Å². The van der Waals surface area contributed by atoms with Gasteiger partial charge in [0.05, 0.1) is 23.1 Å². The molecule has 1 saturated heterocycles. The minimum atomic E-state index is -0.689. The van der Waals surface area contributed by atoms with Crippen LogP contribution in [-0.4, -0.2) is 46.2 Å². The molecule has 0 unspecified atom stereocenters. The van der Waals surface area contributed by atoms with E-state index < -0.39 is 5.60 Å². The number of nitrogens with zero attached hydrogens (tertiary/aromatic N) is 3. The number of aryl methyl sites for hydroxylation is 1. The Labute approximate surface area is 166 Å². The highest BCUT2D eigenvalue weighted by molar-refractivity contribution is 5.83. The molecule has 1 N–H and O–H groups in total. The molecular weight excluding hydrogens is 350 g/mol. The van der Waals surface area contributed by atoms with Crippen LogP contribution in [0.4, 0.5) is 0 Å². The number of aliphatic hydroxyl groups is 1. The third-order valence-electron chi connectivity index (χ3n) is 5.53. The molecule has 0 saturated carbocycles. The van der Waals surface area contributed by atoms with E-state index >= 15 is 0 Å². The Bertz CT molecular complexity index is 922. The maximum Gasteiger partial charge on any atom is 0.224 e. The van der Waals surface area contributed by atoms with Crippen molar-refractivity contribution in [1.82, 2.24) is 14.9 Å². The number of ether oxygens (including phenoxy) is 1. The first-order valence-corrected chi connectivity index (χ1v) is 10.0. The van der Waals surface area contributed by atoms with Gasteiger partial charge in [0, 0.05) is 19.6 Å². The molecule has 1 aliphatic heterocycles. The quantitative estimate of drug-likeness (QED) is 0.664. The molecule has 0 aliphatic carbocycles. The Morgan fingerprint density at radius 1 is 1.00 bits per heavy atom. The van der Waals surface area contributed by atoms with E-state index in [4.69, 9.17) is 4.74 Å². The Kier molecular flexibility index (Phi) is 5.55. The van der Waals surface area contributed by atoms with Crippen molar-refractivity contribution in [3.63, 3.8) is 0 Å². The zero-order chi connectivity index (χ0) is 19.4. The highest BCUT2D eigenvalue weighted by Crippen LogP contribution is 2.32. The first-order valence-electron chi connectivity index (χ1n) is 10.0. The number of hydrogen-bond donors (Lipinski definition) is 1. The maximum absolute atomic E-state index is 10.9. The standard InChI is InChI=1S/C23H27N3O2/c1-18-24-21-11-6-5-10-20(21)22(25-18)28-17-7-14-26-15-12-23(27,13-16-26)19-8-3-2-4-9-19/h2-6,8-11,27H,7,12-17H2,1H3. The van der Waals surface area contributed by atoms with Crippen LogP contribution in [0.2, 0.25) is 0 Å². The second kappa shape index (κ2) is 8.25. The lowest BCUT2D eigenvalue weighted by molar-refractivity contribution is -0.0265. The van der Waals surface area contributed by atoms with Gasteiger partial charge >= 0.3 is 0 Å². The van der Waals surface area contributed by atoms with Gasteiger partial charge in [0.15, 0.2) is 0 Å². The highest BCUT2D eigenvalue weighted by Gasteiger charge is 2.33. The number of fused-ring (bicyclic) bond motifs is 1. The smallest absolute Gasteiger partial charge is 0.224 e. The average Bonchev–Trinajstić information content (AvgIpc) is 2.73. The minimum Gasteiger partial charge on any atom is -0.477 e. The van der Waals surface area contributed by atoms with Crippen LogP contribution in [0.5, 0.6) is 5.88 Å². The van der Waals surface area contributed by atoms with Crippen molar-refractivity contribution in [2.75, 3.05) is 26.2 Å². The van der Waals surface area contributed by atoms with Gasteiger partial charge < -0.3 is 14.7 Å². The highest BCUT2D eigenvalue weighted by atomic mass is 16.5. The summed E-state index contributed by atoms with van der Waals surface area (Å²) in [5.41, 5.74) is 1.26.